The van der Waals surface area contributed by atoms with Crippen LogP contribution < -0.4 is 0 Å². The molecule has 0 fully saturated rings. The van der Waals surface area contributed by atoms with Crippen LogP contribution in [0.2, 0.25) is 0 Å². The second-order valence-corrected chi connectivity index (χ2v) is 3.22. The minimum Gasteiger partial charge on any atom is -0.478 e. The summed E-state index contributed by atoms with van der Waals surface area (Å²) < 4.78 is 0. The number of nitrogens with zero attached hydrogens (tertiary/aromatic N) is 7. The van der Waals surface area contributed by atoms with E-state index in [1.807, 2.05) is 0 Å². The Morgan fingerprint density at radius 1 is 1.28 bits per heavy atom. The molecule has 1 atom stereocenters. The maximum Gasteiger partial charge on any atom is 0.350 e. The molecule has 1 aromatic carbocycles. The molecule has 18 heavy (non-hydrogen) atoms. The van der Waals surface area contributed by atoms with Crippen LogP contribution in [-0.4, -0.2) is 22.2 Å². The summed E-state index contributed by atoms with van der Waals surface area (Å²) in [6, 6.07) is 7.48. The summed E-state index contributed by atoms with van der Waals surface area (Å²) in [6.07, 6.45) is 0.0498. The number of carbonyl (C=O) groups is 1. The zero-order valence-corrected chi connectivity index (χ0v) is 9.16. The van der Waals surface area contributed by atoms with Gasteiger partial charge in [-0.25, -0.2) is 4.79 Å². The van der Waals surface area contributed by atoms with Gasteiger partial charge in [-0.15, -0.1) is 11.1 Å². The van der Waals surface area contributed by atoms with E-state index in [1.165, 1.54) is 0 Å². The average Bonchev–Trinajstić information content (AvgIpc) is 2.37. The highest BCUT2D eigenvalue weighted by Gasteiger charge is 2.27. The molecule has 0 heterocycles. The first kappa shape index (κ1) is 13.2. The Hall–Kier alpha value is -2.89. The highest BCUT2D eigenvalue weighted by molar-refractivity contribution is 5.73. The highest BCUT2D eigenvalue weighted by Crippen LogP contribution is 2.11. The Morgan fingerprint density at radius 2 is 1.83 bits per heavy atom. The zero-order chi connectivity index (χ0) is 13.4. The van der Waals surface area contributed by atoms with Crippen LogP contribution in [0.3, 0.4) is 0 Å². The molecule has 9 nitrogen and oxygen atoms in total. The Labute approximate surface area is 101 Å². The maximum atomic E-state index is 11.1. The van der Waals surface area contributed by atoms with E-state index in [0.717, 1.165) is 5.56 Å². The fourth-order valence-corrected chi connectivity index (χ4v) is 1.33. The van der Waals surface area contributed by atoms with E-state index in [9.17, 15) is 4.79 Å². The lowest BCUT2D eigenvalue weighted by molar-refractivity contribution is -0.143. The van der Waals surface area contributed by atoms with Gasteiger partial charge in [0.15, 0.2) is 0 Å². The van der Waals surface area contributed by atoms with Gasteiger partial charge in [-0.1, -0.05) is 30.3 Å². The third-order valence-corrected chi connectivity index (χ3v) is 2.10. The molecule has 0 spiro atoms. The summed E-state index contributed by atoms with van der Waals surface area (Å²) in [5, 5.41) is 15.6. The highest BCUT2D eigenvalue weighted by atomic mass is 16.4. The monoisotopic (exact) mass is 247 g/mol. The molecule has 1 N–H and O–H groups in total. The number of aliphatic carboxylic acids is 1. The van der Waals surface area contributed by atoms with E-state index in [4.69, 9.17) is 16.2 Å². The predicted octanol–water partition coefficient (Wildman–Crippen LogP) is 2.43. The molecule has 9 heteroatoms. The van der Waals surface area contributed by atoms with Crippen molar-refractivity contribution in [2.75, 3.05) is 0 Å². The lowest BCUT2D eigenvalue weighted by atomic mass is 10.1. The van der Waals surface area contributed by atoms with Crippen molar-refractivity contribution in [2.45, 2.75) is 12.5 Å². The van der Waals surface area contributed by atoms with E-state index in [1.54, 1.807) is 30.3 Å². The van der Waals surface area contributed by atoms with Crippen LogP contribution in [0, 0.1) is 0 Å². The molecule has 92 valence electrons. The Kier molecular flexibility index (Phi) is 4.86. The summed E-state index contributed by atoms with van der Waals surface area (Å²) in [5.41, 5.74) is 17.3. The quantitative estimate of drug-likeness (QED) is 0.357. The third kappa shape index (κ3) is 3.60. The number of carboxylic acids is 1. The Balaban J connectivity index is 2.98. The Bertz CT molecular complexity index is 487. The predicted molar refractivity (Wildman–Crippen MR) is 61.7 cm³/mol. The van der Waals surface area contributed by atoms with Crippen LogP contribution in [0.5, 0.6) is 0 Å². The SMILES string of the molecule is [N-]=[N+]=NN(N=[N+]=[N-])[C@@H](Cc1ccccc1)C(=O)O. The summed E-state index contributed by atoms with van der Waals surface area (Å²) in [4.78, 5) is 15.9. The van der Waals surface area contributed by atoms with Crippen LogP contribution in [-0.2, 0) is 11.2 Å². The van der Waals surface area contributed by atoms with Gasteiger partial charge in [0.2, 0.25) is 6.04 Å². The molecule has 0 bridgehead atoms. The molecule has 0 unspecified atom stereocenters. The molecule has 0 saturated carbocycles. The van der Waals surface area contributed by atoms with Crippen LogP contribution in [0.15, 0.2) is 40.8 Å². The number of carboxylic acid groups (broad SMARTS) is 1. The first-order valence-corrected chi connectivity index (χ1v) is 4.85. The van der Waals surface area contributed by atoms with E-state index in [0.29, 0.717) is 5.12 Å². The minimum absolute atomic E-state index is 0.0498. The second kappa shape index (κ2) is 6.64. The smallest absolute Gasteiger partial charge is 0.350 e. The van der Waals surface area contributed by atoms with Crippen molar-refractivity contribution in [1.82, 2.24) is 5.12 Å². The number of hydrogen-bond acceptors (Lipinski definition) is 3. The van der Waals surface area contributed by atoms with Crippen molar-refractivity contribution >= 4 is 5.97 Å². The minimum atomic E-state index is -1.25. The zero-order valence-electron chi connectivity index (χ0n) is 9.16. The van der Waals surface area contributed by atoms with Gasteiger partial charge < -0.3 is 5.11 Å². The van der Waals surface area contributed by atoms with Crippen molar-refractivity contribution in [3.05, 3.63) is 56.8 Å². The topological polar surface area (TPSA) is 138 Å². The summed E-state index contributed by atoms with van der Waals surface area (Å²) in [5.74, 6) is -1.25. The van der Waals surface area contributed by atoms with Gasteiger partial charge in [0.05, 0.1) is 0 Å². The molecule has 0 aliphatic carbocycles. The molecule has 0 saturated heterocycles. The number of azide groups is 1. The van der Waals surface area contributed by atoms with E-state index in [2.05, 4.69) is 20.3 Å². The van der Waals surface area contributed by atoms with Gasteiger partial charge in [0.1, 0.15) is 0 Å². The van der Waals surface area contributed by atoms with E-state index >= 15 is 0 Å². The first-order valence-electron chi connectivity index (χ1n) is 4.85. The molecule has 1 rings (SSSR count). The maximum absolute atomic E-state index is 11.1. The largest absolute Gasteiger partial charge is 0.478 e. The molecule has 0 amide bonds. The van der Waals surface area contributed by atoms with Crippen LogP contribution in [0.25, 0.3) is 20.9 Å². The first-order chi connectivity index (χ1) is 8.69. The van der Waals surface area contributed by atoms with Gasteiger partial charge in [0.25, 0.3) is 0 Å². The van der Waals surface area contributed by atoms with Gasteiger partial charge in [-0.05, 0) is 16.0 Å². The second-order valence-electron chi connectivity index (χ2n) is 3.22. The van der Waals surface area contributed by atoms with E-state index < -0.39 is 12.0 Å². The van der Waals surface area contributed by atoms with Crippen molar-refractivity contribution < 1.29 is 9.90 Å². The molecule has 1 aromatic rings. The molecular weight excluding hydrogens is 238 g/mol. The molecule has 0 aliphatic rings. The normalized spacial score (nSPS) is 10.7. The Morgan fingerprint density at radius 3 is 2.28 bits per heavy atom. The van der Waals surface area contributed by atoms with Crippen molar-refractivity contribution in [2.24, 2.45) is 10.4 Å². The summed E-state index contributed by atoms with van der Waals surface area (Å²) in [7, 11) is 0. The van der Waals surface area contributed by atoms with Crippen LogP contribution >= 0.6 is 0 Å². The number of benzene rings is 1. The standard InChI is InChI=1S/C9H9N7O2/c10-12-14-16(15-13-11)8(9(17)18)6-7-4-2-1-3-5-7/h1-5,8H,6H2,(H,17,18)/t8-/m0/s1. The van der Waals surface area contributed by atoms with Crippen molar-refractivity contribution in [1.29, 1.82) is 0 Å². The summed E-state index contributed by atoms with van der Waals surface area (Å²) >= 11 is 0. The van der Waals surface area contributed by atoms with Gasteiger partial charge in [-0.3, -0.25) is 0 Å². The lowest BCUT2D eigenvalue weighted by Gasteiger charge is -2.16. The average molecular weight is 247 g/mol. The lowest BCUT2D eigenvalue weighted by Crippen LogP contribution is -2.35. The number of rotatable bonds is 6. The number of hydrogen-bond donors (Lipinski definition) is 1. The molecule has 0 aliphatic heterocycles. The molecule has 0 radical (unpaired) electrons. The van der Waals surface area contributed by atoms with Crippen molar-refractivity contribution in [3.8, 4) is 0 Å². The van der Waals surface area contributed by atoms with Gasteiger partial charge >= 0.3 is 5.97 Å². The van der Waals surface area contributed by atoms with Crippen LogP contribution in [0.1, 0.15) is 5.56 Å². The fourth-order valence-electron chi connectivity index (χ4n) is 1.33. The van der Waals surface area contributed by atoms with Gasteiger partial charge in [-0.2, -0.15) is 14.9 Å². The van der Waals surface area contributed by atoms with Gasteiger partial charge in [0, 0.05) is 6.42 Å². The fraction of sp³-hybridized carbons (Fsp3) is 0.222. The third-order valence-electron chi connectivity index (χ3n) is 2.10. The van der Waals surface area contributed by atoms with Crippen molar-refractivity contribution in [3.63, 3.8) is 0 Å². The van der Waals surface area contributed by atoms with Crippen LogP contribution in [0.4, 0.5) is 0 Å². The molecule has 0 aromatic heterocycles. The molecular formula is C9H9N7O2. The van der Waals surface area contributed by atoms with E-state index in [-0.39, 0.29) is 6.42 Å². The summed E-state index contributed by atoms with van der Waals surface area (Å²) in [6.45, 7) is 0.